The summed E-state index contributed by atoms with van der Waals surface area (Å²) < 4.78 is 14.2. The van der Waals surface area contributed by atoms with E-state index in [-0.39, 0.29) is 5.82 Å². The summed E-state index contributed by atoms with van der Waals surface area (Å²) in [6.45, 7) is 6.11. The van der Waals surface area contributed by atoms with Crippen molar-refractivity contribution < 1.29 is 4.39 Å². The van der Waals surface area contributed by atoms with Crippen LogP contribution in [0, 0.1) is 5.82 Å². The second-order valence-corrected chi connectivity index (χ2v) is 5.71. The van der Waals surface area contributed by atoms with Gasteiger partial charge in [-0.05, 0) is 49.7 Å². The fraction of sp³-hybridized carbons (Fsp3) is 0.571. The van der Waals surface area contributed by atoms with Gasteiger partial charge in [0.2, 0.25) is 0 Å². The first kappa shape index (κ1) is 14.0. The number of hydrogen-bond donors (Lipinski definition) is 1. The average molecular weight is 315 g/mol. The molecule has 1 aromatic rings. The molecule has 1 aromatic carbocycles. The van der Waals surface area contributed by atoms with Crippen molar-refractivity contribution in [3.05, 3.63) is 34.1 Å². The monoisotopic (exact) mass is 314 g/mol. The molecule has 0 aliphatic carbocycles. The predicted octanol–water partition coefficient (Wildman–Crippen LogP) is 3.16. The predicted molar refractivity (Wildman–Crippen MR) is 76.1 cm³/mol. The SMILES string of the molecule is CCN(Cc1cc(F)ccc1Br)CC1CCCN1. The van der Waals surface area contributed by atoms with Crippen LogP contribution in [0.5, 0.6) is 0 Å². The summed E-state index contributed by atoms with van der Waals surface area (Å²) in [5, 5.41) is 3.51. The fourth-order valence-corrected chi connectivity index (χ4v) is 2.81. The molecule has 4 heteroatoms. The van der Waals surface area contributed by atoms with Crippen LogP contribution in [0.3, 0.4) is 0 Å². The Morgan fingerprint density at radius 1 is 1.50 bits per heavy atom. The lowest BCUT2D eigenvalue weighted by atomic mass is 10.1. The van der Waals surface area contributed by atoms with Gasteiger partial charge in [0.1, 0.15) is 5.82 Å². The van der Waals surface area contributed by atoms with Gasteiger partial charge in [-0.25, -0.2) is 4.39 Å². The highest BCUT2D eigenvalue weighted by Crippen LogP contribution is 2.20. The van der Waals surface area contributed by atoms with Crippen molar-refractivity contribution in [2.75, 3.05) is 19.6 Å². The van der Waals surface area contributed by atoms with Gasteiger partial charge in [0.25, 0.3) is 0 Å². The lowest BCUT2D eigenvalue weighted by molar-refractivity contribution is 0.253. The van der Waals surface area contributed by atoms with E-state index in [1.54, 1.807) is 12.1 Å². The second-order valence-electron chi connectivity index (χ2n) is 4.86. The molecule has 0 bridgehead atoms. The minimum Gasteiger partial charge on any atom is -0.313 e. The Hall–Kier alpha value is -0.450. The Morgan fingerprint density at radius 3 is 3.00 bits per heavy atom. The molecule has 1 unspecified atom stereocenters. The largest absolute Gasteiger partial charge is 0.313 e. The van der Waals surface area contributed by atoms with Crippen molar-refractivity contribution in [3.8, 4) is 0 Å². The maximum Gasteiger partial charge on any atom is 0.123 e. The van der Waals surface area contributed by atoms with Gasteiger partial charge in [0, 0.05) is 23.6 Å². The molecule has 1 atom stereocenters. The first-order valence-corrected chi connectivity index (χ1v) is 7.38. The fourth-order valence-electron chi connectivity index (χ4n) is 2.44. The van der Waals surface area contributed by atoms with Gasteiger partial charge < -0.3 is 5.32 Å². The molecule has 1 fully saturated rings. The third kappa shape index (κ3) is 3.77. The molecule has 2 rings (SSSR count). The molecular formula is C14H20BrFN2. The Balaban J connectivity index is 1.98. The van der Waals surface area contributed by atoms with Gasteiger partial charge >= 0.3 is 0 Å². The maximum atomic E-state index is 13.3. The summed E-state index contributed by atoms with van der Waals surface area (Å²) in [6, 6.07) is 5.49. The minimum absolute atomic E-state index is 0.164. The lowest BCUT2D eigenvalue weighted by Gasteiger charge is -2.24. The number of hydrogen-bond acceptors (Lipinski definition) is 2. The first-order chi connectivity index (χ1) is 8.69. The van der Waals surface area contributed by atoms with Crippen molar-refractivity contribution >= 4 is 15.9 Å². The molecule has 18 heavy (non-hydrogen) atoms. The molecule has 0 radical (unpaired) electrons. The van der Waals surface area contributed by atoms with Crippen molar-refractivity contribution in [3.63, 3.8) is 0 Å². The van der Waals surface area contributed by atoms with Gasteiger partial charge in [0.15, 0.2) is 0 Å². The maximum absolute atomic E-state index is 13.3. The van der Waals surface area contributed by atoms with Crippen molar-refractivity contribution in [2.45, 2.75) is 32.4 Å². The summed E-state index contributed by atoms with van der Waals surface area (Å²) in [7, 11) is 0. The van der Waals surface area contributed by atoms with Gasteiger partial charge in [-0.1, -0.05) is 22.9 Å². The molecule has 1 aliphatic heterocycles. The van der Waals surface area contributed by atoms with Crippen molar-refractivity contribution in [1.29, 1.82) is 0 Å². The number of rotatable bonds is 5. The van der Waals surface area contributed by atoms with E-state index in [9.17, 15) is 4.39 Å². The van der Waals surface area contributed by atoms with Gasteiger partial charge in [0.05, 0.1) is 0 Å². The van der Waals surface area contributed by atoms with E-state index in [4.69, 9.17) is 0 Å². The molecule has 0 aromatic heterocycles. The third-order valence-electron chi connectivity index (χ3n) is 3.49. The number of nitrogens with one attached hydrogen (secondary N) is 1. The standard InChI is InChI=1S/C14H20BrFN2/c1-2-18(10-13-4-3-7-17-13)9-11-8-12(16)5-6-14(11)15/h5-6,8,13,17H,2-4,7,9-10H2,1H3. The Bertz CT molecular complexity index is 391. The van der Waals surface area contributed by atoms with E-state index >= 15 is 0 Å². The smallest absolute Gasteiger partial charge is 0.123 e. The molecule has 1 aliphatic rings. The summed E-state index contributed by atoms with van der Waals surface area (Å²) in [5.41, 5.74) is 1.02. The second kappa shape index (κ2) is 6.64. The van der Waals surface area contributed by atoms with Crippen molar-refractivity contribution in [1.82, 2.24) is 10.2 Å². The molecule has 2 nitrogen and oxygen atoms in total. The van der Waals surface area contributed by atoms with Gasteiger partial charge in [-0.2, -0.15) is 0 Å². The highest BCUT2D eigenvalue weighted by Gasteiger charge is 2.17. The molecule has 100 valence electrons. The zero-order valence-electron chi connectivity index (χ0n) is 10.8. The molecule has 1 heterocycles. The highest BCUT2D eigenvalue weighted by molar-refractivity contribution is 9.10. The Morgan fingerprint density at radius 2 is 2.33 bits per heavy atom. The summed E-state index contributed by atoms with van der Waals surface area (Å²) in [5.74, 6) is -0.164. The van der Waals surface area contributed by atoms with Crippen LogP contribution in [0.1, 0.15) is 25.3 Å². The van der Waals surface area contributed by atoms with Crippen LogP contribution in [-0.2, 0) is 6.54 Å². The minimum atomic E-state index is -0.164. The molecule has 0 amide bonds. The summed E-state index contributed by atoms with van der Waals surface area (Å²) >= 11 is 3.49. The number of benzene rings is 1. The Labute approximate surface area is 117 Å². The number of halogens is 2. The zero-order chi connectivity index (χ0) is 13.0. The van der Waals surface area contributed by atoms with E-state index in [1.165, 1.54) is 18.9 Å². The number of nitrogens with zero attached hydrogens (tertiary/aromatic N) is 1. The summed E-state index contributed by atoms with van der Waals surface area (Å²) in [6.07, 6.45) is 2.52. The first-order valence-electron chi connectivity index (χ1n) is 6.58. The molecule has 1 saturated heterocycles. The van der Waals surface area contributed by atoms with Crippen LogP contribution in [-0.4, -0.2) is 30.6 Å². The average Bonchev–Trinajstić information content (AvgIpc) is 2.85. The molecule has 1 N–H and O–H groups in total. The van der Waals surface area contributed by atoms with Crippen LogP contribution in [0.15, 0.2) is 22.7 Å². The molecular weight excluding hydrogens is 295 g/mol. The van der Waals surface area contributed by atoms with E-state index in [1.807, 2.05) is 0 Å². The van der Waals surface area contributed by atoms with E-state index in [0.29, 0.717) is 6.04 Å². The van der Waals surface area contributed by atoms with Gasteiger partial charge in [-0.3, -0.25) is 4.90 Å². The van der Waals surface area contributed by atoms with Crippen molar-refractivity contribution in [2.24, 2.45) is 0 Å². The molecule has 0 saturated carbocycles. The topological polar surface area (TPSA) is 15.3 Å². The van der Waals surface area contributed by atoms with Gasteiger partial charge in [-0.15, -0.1) is 0 Å². The van der Waals surface area contributed by atoms with E-state index < -0.39 is 0 Å². The Kier molecular flexibility index (Phi) is 5.15. The van der Waals surface area contributed by atoms with Crippen LogP contribution in [0.4, 0.5) is 4.39 Å². The van der Waals surface area contributed by atoms with Crippen LogP contribution >= 0.6 is 15.9 Å². The quantitative estimate of drug-likeness (QED) is 0.898. The van der Waals surface area contributed by atoms with E-state index in [0.717, 1.165) is 36.2 Å². The molecule has 0 spiro atoms. The van der Waals surface area contributed by atoms with E-state index in [2.05, 4.69) is 33.1 Å². The highest BCUT2D eigenvalue weighted by atomic mass is 79.9. The normalized spacial score (nSPS) is 19.7. The lowest BCUT2D eigenvalue weighted by Crippen LogP contribution is -2.37. The van der Waals surface area contributed by atoms with Crippen LogP contribution < -0.4 is 5.32 Å². The van der Waals surface area contributed by atoms with Crippen LogP contribution in [0.25, 0.3) is 0 Å². The zero-order valence-corrected chi connectivity index (χ0v) is 12.3. The summed E-state index contributed by atoms with van der Waals surface area (Å²) in [4.78, 5) is 2.36. The third-order valence-corrected chi connectivity index (χ3v) is 4.26. The number of likely N-dealkylation sites (N-methyl/N-ethyl adjacent to an activating group) is 1. The van der Waals surface area contributed by atoms with Crippen LogP contribution in [0.2, 0.25) is 0 Å².